The van der Waals surface area contributed by atoms with Gasteiger partial charge in [0, 0.05) is 0 Å². The molecule has 0 atom stereocenters. The molecule has 0 aromatic heterocycles. The highest BCUT2D eigenvalue weighted by atomic mass is 32.2. The van der Waals surface area contributed by atoms with Crippen LogP contribution in [-0.4, -0.2) is 19.5 Å². The first-order chi connectivity index (χ1) is 9.81. The van der Waals surface area contributed by atoms with E-state index in [0.717, 1.165) is 5.56 Å². The second kappa shape index (κ2) is 5.69. The molecule has 0 unspecified atom stereocenters. The van der Waals surface area contributed by atoms with Crippen LogP contribution in [0.3, 0.4) is 0 Å². The molecule has 0 bridgehead atoms. The number of carboxylic acids is 1. The molecule has 0 aliphatic heterocycles. The van der Waals surface area contributed by atoms with Crippen LogP contribution < -0.4 is 0 Å². The van der Waals surface area contributed by atoms with Gasteiger partial charge in [0.2, 0.25) is 0 Å². The predicted octanol–water partition coefficient (Wildman–Crippen LogP) is 2.98. The highest BCUT2D eigenvalue weighted by Crippen LogP contribution is 2.23. The second-order valence-electron chi connectivity index (χ2n) is 4.98. The number of carboxylic acid groups (broad SMARTS) is 1. The lowest BCUT2D eigenvalue weighted by Crippen LogP contribution is -2.10. The fourth-order valence-electron chi connectivity index (χ4n) is 2.16. The fourth-order valence-corrected chi connectivity index (χ4v) is 3.81. The summed E-state index contributed by atoms with van der Waals surface area (Å²) in [7, 11) is -3.58. The number of aromatic carboxylic acids is 1. The van der Waals surface area contributed by atoms with Gasteiger partial charge in [0.1, 0.15) is 0 Å². The van der Waals surface area contributed by atoms with Crippen LogP contribution in [-0.2, 0) is 15.6 Å². The van der Waals surface area contributed by atoms with E-state index in [4.69, 9.17) is 5.11 Å². The second-order valence-corrected chi connectivity index (χ2v) is 6.94. The molecule has 1 N–H and O–H groups in total. The topological polar surface area (TPSA) is 71.4 Å². The Bertz CT molecular complexity index is 774. The first-order valence-electron chi connectivity index (χ1n) is 6.42. The van der Waals surface area contributed by atoms with Crippen LogP contribution in [0.2, 0.25) is 0 Å². The van der Waals surface area contributed by atoms with Gasteiger partial charge in [-0.1, -0.05) is 35.9 Å². The molecule has 0 spiro atoms. The smallest absolute Gasteiger partial charge is 0.335 e. The van der Waals surface area contributed by atoms with Gasteiger partial charge >= 0.3 is 5.97 Å². The molecule has 2 aromatic rings. The summed E-state index contributed by atoms with van der Waals surface area (Å²) in [6.07, 6.45) is 0. The van der Waals surface area contributed by atoms with Crippen molar-refractivity contribution in [2.24, 2.45) is 0 Å². The van der Waals surface area contributed by atoms with E-state index in [1.807, 2.05) is 19.1 Å². The molecule has 2 rings (SSSR count). The Morgan fingerprint density at radius 3 is 2.24 bits per heavy atom. The van der Waals surface area contributed by atoms with Gasteiger partial charge in [0.15, 0.2) is 9.84 Å². The van der Waals surface area contributed by atoms with E-state index in [0.29, 0.717) is 5.56 Å². The van der Waals surface area contributed by atoms with Gasteiger partial charge in [-0.3, -0.25) is 0 Å². The Hall–Kier alpha value is -2.14. The summed E-state index contributed by atoms with van der Waals surface area (Å²) < 4.78 is 25.0. The van der Waals surface area contributed by atoms with Crippen LogP contribution in [0.4, 0.5) is 0 Å². The molecule has 0 radical (unpaired) electrons. The summed E-state index contributed by atoms with van der Waals surface area (Å²) in [5.41, 5.74) is 2.03. The number of hydrogen-bond donors (Lipinski definition) is 1. The van der Waals surface area contributed by atoms with Crippen LogP contribution in [0.25, 0.3) is 0 Å². The van der Waals surface area contributed by atoms with Crippen molar-refractivity contribution in [2.45, 2.75) is 24.5 Å². The molecule has 0 aliphatic rings. The first-order valence-corrected chi connectivity index (χ1v) is 8.08. The van der Waals surface area contributed by atoms with Crippen LogP contribution in [0.1, 0.15) is 27.0 Å². The zero-order chi connectivity index (χ0) is 15.6. The first kappa shape index (κ1) is 15.3. The largest absolute Gasteiger partial charge is 0.478 e. The third-order valence-electron chi connectivity index (χ3n) is 3.33. The molecular weight excluding hydrogens is 288 g/mol. The number of benzene rings is 2. The number of rotatable bonds is 4. The highest BCUT2D eigenvalue weighted by Gasteiger charge is 2.21. The molecule has 110 valence electrons. The maximum absolute atomic E-state index is 12.5. The van der Waals surface area contributed by atoms with E-state index in [1.165, 1.54) is 25.1 Å². The number of aryl methyl sites for hydroxylation is 1. The molecule has 0 saturated heterocycles. The SMILES string of the molecule is Cc1ccc(CS(=O)(=O)c2cccc(C(=O)O)c2C)cc1. The maximum Gasteiger partial charge on any atom is 0.335 e. The van der Waals surface area contributed by atoms with Crippen LogP contribution in [0.5, 0.6) is 0 Å². The number of sulfone groups is 1. The molecule has 5 heteroatoms. The Balaban J connectivity index is 2.42. The van der Waals surface area contributed by atoms with Crippen LogP contribution >= 0.6 is 0 Å². The van der Waals surface area contributed by atoms with E-state index in [1.54, 1.807) is 12.1 Å². The van der Waals surface area contributed by atoms with E-state index in [-0.39, 0.29) is 21.8 Å². The normalized spacial score (nSPS) is 11.3. The number of carbonyl (C=O) groups is 1. The molecule has 21 heavy (non-hydrogen) atoms. The lowest BCUT2D eigenvalue weighted by atomic mass is 10.1. The fraction of sp³-hybridized carbons (Fsp3) is 0.188. The van der Waals surface area contributed by atoms with E-state index < -0.39 is 15.8 Å². The monoisotopic (exact) mass is 304 g/mol. The average Bonchev–Trinajstić information content (AvgIpc) is 2.41. The summed E-state index contributed by atoms with van der Waals surface area (Å²) in [5, 5.41) is 9.08. The average molecular weight is 304 g/mol. The van der Waals surface area contributed by atoms with Crippen molar-refractivity contribution in [1.82, 2.24) is 0 Å². The Labute approximate surface area is 124 Å². The van der Waals surface area contributed by atoms with Crippen molar-refractivity contribution in [1.29, 1.82) is 0 Å². The Morgan fingerprint density at radius 1 is 1.05 bits per heavy atom. The highest BCUT2D eigenvalue weighted by molar-refractivity contribution is 7.90. The Kier molecular flexibility index (Phi) is 4.14. The minimum Gasteiger partial charge on any atom is -0.478 e. The summed E-state index contributed by atoms with van der Waals surface area (Å²) in [4.78, 5) is 11.2. The van der Waals surface area contributed by atoms with E-state index >= 15 is 0 Å². The molecule has 0 fully saturated rings. The van der Waals surface area contributed by atoms with Crippen molar-refractivity contribution in [2.75, 3.05) is 0 Å². The number of hydrogen-bond acceptors (Lipinski definition) is 3. The van der Waals surface area contributed by atoms with Gasteiger partial charge in [-0.2, -0.15) is 0 Å². The quantitative estimate of drug-likeness (QED) is 0.942. The standard InChI is InChI=1S/C16H16O4S/c1-11-6-8-13(9-7-11)10-21(19,20)15-5-3-4-14(12(15)2)16(17)18/h3-9H,10H2,1-2H3,(H,17,18). The molecular formula is C16H16O4S. The van der Waals surface area contributed by atoms with Gasteiger partial charge in [0.05, 0.1) is 16.2 Å². The van der Waals surface area contributed by atoms with Gasteiger partial charge in [-0.15, -0.1) is 0 Å². The van der Waals surface area contributed by atoms with Gasteiger partial charge in [0.25, 0.3) is 0 Å². The molecule has 0 aliphatic carbocycles. The maximum atomic E-state index is 12.5. The van der Waals surface area contributed by atoms with Crippen molar-refractivity contribution in [3.63, 3.8) is 0 Å². The van der Waals surface area contributed by atoms with Crippen molar-refractivity contribution < 1.29 is 18.3 Å². The molecule has 2 aromatic carbocycles. The summed E-state index contributed by atoms with van der Waals surface area (Å²) in [6, 6.07) is 11.6. The van der Waals surface area contributed by atoms with Gasteiger partial charge < -0.3 is 5.11 Å². The van der Waals surface area contributed by atoms with Crippen molar-refractivity contribution in [3.8, 4) is 0 Å². The summed E-state index contributed by atoms with van der Waals surface area (Å²) in [6.45, 7) is 3.45. The minimum atomic E-state index is -3.58. The zero-order valence-electron chi connectivity index (χ0n) is 11.8. The summed E-state index contributed by atoms with van der Waals surface area (Å²) in [5.74, 6) is -1.27. The van der Waals surface area contributed by atoms with Crippen molar-refractivity contribution in [3.05, 3.63) is 64.7 Å². The van der Waals surface area contributed by atoms with E-state index in [9.17, 15) is 13.2 Å². The summed E-state index contributed by atoms with van der Waals surface area (Å²) >= 11 is 0. The lowest BCUT2D eigenvalue weighted by Gasteiger charge is -2.10. The van der Waals surface area contributed by atoms with E-state index in [2.05, 4.69) is 0 Å². The Morgan fingerprint density at radius 2 is 1.67 bits per heavy atom. The molecule has 0 heterocycles. The zero-order valence-corrected chi connectivity index (χ0v) is 12.6. The predicted molar refractivity (Wildman–Crippen MR) is 80.2 cm³/mol. The third kappa shape index (κ3) is 3.31. The third-order valence-corrected chi connectivity index (χ3v) is 5.15. The van der Waals surface area contributed by atoms with Crippen LogP contribution in [0.15, 0.2) is 47.4 Å². The molecule has 0 amide bonds. The van der Waals surface area contributed by atoms with Gasteiger partial charge in [-0.05, 0) is 37.1 Å². The van der Waals surface area contributed by atoms with Crippen LogP contribution in [0, 0.1) is 13.8 Å². The molecule has 4 nitrogen and oxygen atoms in total. The lowest BCUT2D eigenvalue weighted by molar-refractivity contribution is 0.0696. The van der Waals surface area contributed by atoms with Gasteiger partial charge in [-0.25, -0.2) is 13.2 Å². The molecule has 0 saturated carbocycles. The minimum absolute atomic E-state index is 0.0139. The van der Waals surface area contributed by atoms with Crippen molar-refractivity contribution >= 4 is 15.8 Å².